The monoisotopic (exact) mass is 470 g/mol. The Hall–Kier alpha value is -3.58. The van der Waals surface area contributed by atoms with Crippen LogP contribution in [0.25, 0.3) is 23.0 Å². The summed E-state index contributed by atoms with van der Waals surface area (Å²) in [5, 5.41) is 5.68. The predicted octanol–water partition coefficient (Wildman–Crippen LogP) is 5.56. The first kappa shape index (κ1) is 22.2. The van der Waals surface area contributed by atoms with E-state index in [0.29, 0.717) is 11.5 Å². The lowest BCUT2D eigenvalue weighted by Gasteiger charge is -2.27. The molecule has 0 aliphatic carbocycles. The number of aromatic nitrogens is 2. The maximum atomic E-state index is 12.7. The van der Waals surface area contributed by atoms with Crippen LogP contribution in [0, 0.1) is 0 Å². The molecule has 0 N–H and O–H groups in total. The van der Waals surface area contributed by atoms with Gasteiger partial charge in [0.15, 0.2) is 5.17 Å². The minimum atomic E-state index is -0.183. The molecule has 34 heavy (non-hydrogen) atoms. The number of carbonyl (C=O) groups is 1. The van der Waals surface area contributed by atoms with Gasteiger partial charge in [-0.05, 0) is 73.5 Å². The number of amidine groups is 1. The average Bonchev–Trinajstić information content (AvgIpc) is 3.48. The zero-order valence-corrected chi connectivity index (χ0v) is 19.7. The van der Waals surface area contributed by atoms with E-state index >= 15 is 0 Å². The molecule has 5 rings (SSSR count). The number of hydrogen-bond donors (Lipinski definition) is 0. The Morgan fingerprint density at radius 1 is 1.03 bits per heavy atom. The van der Waals surface area contributed by atoms with Crippen LogP contribution < -0.4 is 4.74 Å². The molecule has 0 radical (unpaired) electrons. The van der Waals surface area contributed by atoms with Crippen LogP contribution in [-0.2, 0) is 4.79 Å². The maximum Gasteiger partial charge on any atom is 0.286 e. The van der Waals surface area contributed by atoms with Crippen molar-refractivity contribution < 1.29 is 9.53 Å². The molecule has 0 atom stereocenters. The first-order valence-electron chi connectivity index (χ1n) is 11.5. The number of piperidine rings is 1. The number of para-hydroxylation sites is 1. The van der Waals surface area contributed by atoms with Crippen LogP contribution in [0.2, 0.25) is 0 Å². The van der Waals surface area contributed by atoms with Gasteiger partial charge >= 0.3 is 0 Å². The molecule has 3 heterocycles. The van der Waals surface area contributed by atoms with Crippen LogP contribution >= 0.6 is 11.8 Å². The van der Waals surface area contributed by atoms with Crippen molar-refractivity contribution in [3.8, 4) is 22.7 Å². The number of nitrogens with zero attached hydrogens (tertiary/aromatic N) is 4. The number of likely N-dealkylation sites (tertiary alicyclic amines) is 1. The zero-order valence-electron chi connectivity index (χ0n) is 18.9. The SMILES string of the molecule is C=CCOc1ccc(-c2nn(-c3ccccc3)cc2/C=C2/SC(N3CCCCC3)=NC2=O)cc1. The molecule has 0 bridgehead atoms. The van der Waals surface area contributed by atoms with Crippen molar-refractivity contribution in [1.29, 1.82) is 0 Å². The van der Waals surface area contributed by atoms with E-state index in [1.807, 2.05) is 71.6 Å². The first-order chi connectivity index (χ1) is 16.7. The molecule has 3 aromatic rings. The molecule has 172 valence electrons. The largest absolute Gasteiger partial charge is 0.490 e. The van der Waals surface area contributed by atoms with E-state index < -0.39 is 0 Å². The van der Waals surface area contributed by atoms with Gasteiger partial charge in [0.1, 0.15) is 12.4 Å². The Balaban J connectivity index is 1.48. The number of hydrogen-bond acceptors (Lipinski definition) is 5. The summed E-state index contributed by atoms with van der Waals surface area (Å²) in [6.07, 6.45) is 9.13. The number of thioether (sulfide) groups is 1. The van der Waals surface area contributed by atoms with Crippen LogP contribution in [0.15, 0.2) is 83.3 Å². The van der Waals surface area contributed by atoms with E-state index in [9.17, 15) is 4.79 Å². The second kappa shape index (κ2) is 10.1. The van der Waals surface area contributed by atoms with Gasteiger partial charge in [-0.3, -0.25) is 4.79 Å². The Bertz CT molecular complexity index is 1240. The smallest absolute Gasteiger partial charge is 0.286 e. The number of ether oxygens (including phenoxy) is 1. The summed E-state index contributed by atoms with van der Waals surface area (Å²) in [6.45, 7) is 6.07. The molecule has 1 fully saturated rings. The van der Waals surface area contributed by atoms with Crippen LogP contribution in [-0.4, -0.2) is 45.5 Å². The lowest BCUT2D eigenvalue weighted by Crippen LogP contribution is -2.33. The molecule has 1 saturated heterocycles. The fourth-order valence-electron chi connectivity index (χ4n) is 4.05. The number of rotatable bonds is 6. The zero-order chi connectivity index (χ0) is 23.3. The molecule has 1 aromatic heterocycles. The molecule has 0 saturated carbocycles. The molecule has 6 nitrogen and oxygen atoms in total. The molecule has 0 unspecified atom stereocenters. The molecular formula is C27H26N4O2S. The molecular weight excluding hydrogens is 444 g/mol. The van der Waals surface area contributed by atoms with Gasteiger partial charge in [0.2, 0.25) is 0 Å². The predicted molar refractivity (Wildman–Crippen MR) is 138 cm³/mol. The van der Waals surface area contributed by atoms with Gasteiger partial charge in [0.25, 0.3) is 5.91 Å². The fraction of sp³-hybridized carbons (Fsp3) is 0.222. The van der Waals surface area contributed by atoms with E-state index in [4.69, 9.17) is 9.84 Å². The Morgan fingerprint density at radius 3 is 2.53 bits per heavy atom. The molecule has 2 aromatic carbocycles. The van der Waals surface area contributed by atoms with E-state index in [1.165, 1.54) is 18.2 Å². The quantitative estimate of drug-likeness (QED) is 0.349. The Morgan fingerprint density at radius 2 is 1.79 bits per heavy atom. The van der Waals surface area contributed by atoms with Crippen LogP contribution in [0.5, 0.6) is 5.75 Å². The van der Waals surface area contributed by atoms with Gasteiger partial charge in [0, 0.05) is 30.4 Å². The number of amides is 1. The van der Waals surface area contributed by atoms with Crippen molar-refractivity contribution in [3.63, 3.8) is 0 Å². The standard InChI is InChI=1S/C27H26N4O2S/c1-2-17-33-23-13-11-20(12-14-23)25-21(19-31(29-25)22-9-5-3-6-10-22)18-24-26(32)28-27(34-24)30-15-7-4-8-16-30/h2-3,5-6,9-14,18-19H,1,4,7-8,15-17H2/b24-18+. The van der Waals surface area contributed by atoms with Gasteiger partial charge in [-0.1, -0.05) is 30.9 Å². The number of carbonyl (C=O) groups excluding carboxylic acids is 1. The van der Waals surface area contributed by atoms with Crippen LogP contribution in [0.1, 0.15) is 24.8 Å². The van der Waals surface area contributed by atoms with Crippen molar-refractivity contribution in [2.75, 3.05) is 19.7 Å². The highest BCUT2D eigenvalue weighted by molar-refractivity contribution is 8.18. The van der Waals surface area contributed by atoms with Gasteiger partial charge < -0.3 is 9.64 Å². The summed E-state index contributed by atoms with van der Waals surface area (Å²) in [7, 11) is 0. The fourth-order valence-corrected chi connectivity index (χ4v) is 5.01. The number of aliphatic imine (C=N–C) groups is 1. The van der Waals surface area contributed by atoms with Crippen molar-refractivity contribution >= 4 is 28.9 Å². The minimum Gasteiger partial charge on any atom is -0.490 e. The molecule has 2 aliphatic rings. The summed E-state index contributed by atoms with van der Waals surface area (Å²) < 4.78 is 7.47. The van der Waals surface area contributed by atoms with Crippen molar-refractivity contribution in [1.82, 2.24) is 14.7 Å². The van der Waals surface area contributed by atoms with Crippen LogP contribution in [0.4, 0.5) is 0 Å². The highest BCUT2D eigenvalue weighted by atomic mass is 32.2. The normalized spacial score (nSPS) is 17.2. The first-order valence-corrected chi connectivity index (χ1v) is 12.3. The third-order valence-electron chi connectivity index (χ3n) is 5.78. The van der Waals surface area contributed by atoms with Crippen LogP contribution in [0.3, 0.4) is 0 Å². The van der Waals surface area contributed by atoms with Crippen molar-refractivity contribution in [3.05, 3.63) is 83.9 Å². The van der Waals surface area contributed by atoms with Gasteiger partial charge in [-0.2, -0.15) is 10.1 Å². The van der Waals surface area contributed by atoms with E-state index in [2.05, 4.69) is 16.5 Å². The van der Waals surface area contributed by atoms with E-state index in [0.717, 1.165) is 59.4 Å². The highest BCUT2D eigenvalue weighted by Gasteiger charge is 2.27. The van der Waals surface area contributed by atoms with E-state index in [1.54, 1.807) is 6.08 Å². The maximum absolute atomic E-state index is 12.7. The van der Waals surface area contributed by atoms with Gasteiger partial charge in [-0.15, -0.1) is 0 Å². The highest BCUT2D eigenvalue weighted by Crippen LogP contribution is 2.34. The minimum absolute atomic E-state index is 0.183. The van der Waals surface area contributed by atoms with Crippen molar-refractivity contribution in [2.45, 2.75) is 19.3 Å². The van der Waals surface area contributed by atoms with E-state index in [-0.39, 0.29) is 5.91 Å². The molecule has 2 aliphatic heterocycles. The Kier molecular flexibility index (Phi) is 6.62. The third kappa shape index (κ3) is 4.84. The summed E-state index contributed by atoms with van der Waals surface area (Å²) in [4.78, 5) is 19.9. The summed E-state index contributed by atoms with van der Waals surface area (Å²) in [6, 6.07) is 17.8. The third-order valence-corrected chi connectivity index (χ3v) is 6.83. The van der Waals surface area contributed by atoms with Gasteiger partial charge in [0.05, 0.1) is 16.3 Å². The lowest BCUT2D eigenvalue weighted by atomic mass is 10.1. The second-order valence-electron chi connectivity index (χ2n) is 8.20. The van der Waals surface area contributed by atoms with Gasteiger partial charge in [-0.25, -0.2) is 4.68 Å². The molecule has 1 amide bonds. The summed E-state index contributed by atoms with van der Waals surface area (Å²) in [5.74, 6) is 0.587. The second-order valence-corrected chi connectivity index (χ2v) is 9.20. The van der Waals surface area contributed by atoms with Crippen molar-refractivity contribution in [2.24, 2.45) is 4.99 Å². The molecule has 0 spiro atoms. The Labute approximate surface area is 203 Å². The molecule has 7 heteroatoms. The topological polar surface area (TPSA) is 59.7 Å². The summed E-state index contributed by atoms with van der Waals surface area (Å²) >= 11 is 1.46. The average molecular weight is 471 g/mol. The lowest BCUT2D eigenvalue weighted by molar-refractivity contribution is -0.113. The number of benzene rings is 2. The summed E-state index contributed by atoms with van der Waals surface area (Å²) in [5.41, 5.74) is 3.57.